The summed E-state index contributed by atoms with van der Waals surface area (Å²) in [6.45, 7) is 3.65. The highest BCUT2D eigenvalue weighted by Crippen LogP contribution is 2.39. The topological polar surface area (TPSA) is 81.2 Å². The number of carbonyl (C=O) groups is 1. The van der Waals surface area contributed by atoms with Gasteiger partial charge < -0.3 is 10.6 Å². The first-order valence-corrected chi connectivity index (χ1v) is 10.6. The van der Waals surface area contributed by atoms with Gasteiger partial charge in [0, 0.05) is 12.6 Å². The van der Waals surface area contributed by atoms with Crippen LogP contribution in [-0.2, 0) is 0 Å². The minimum absolute atomic E-state index is 0.000647. The van der Waals surface area contributed by atoms with E-state index in [0.717, 1.165) is 18.2 Å². The molecule has 0 radical (unpaired) electrons. The number of primary amides is 1. The number of halogens is 5. The number of thioether (sulfide) groups is 1. The molecule has 1 aromatic heterocycles. The van der Waals surface area contributed by atoms with Crippen molar-refractivity contribution in [3.05, 3.63) is 51.7 Å². The molecule has 3 rings (SSSR count). The third-order valence-corrected chi connectivity index (χ3v) is 5.81. The molecule has 2 N–H and O–H groups in total. The molecule has 1 aliphatic rings. The van der Waals surface area contributed by atoms with Gasteiger partial charge >= 0.3 is 5.51 Å². The van der Waals surface area contributed by atoms with Crippen LogP contribution in [0.3, 0.4) is 0 Å². The second-order valence-electron chi connectivity index (χ2n) is 7.77. The number of nitrogens with two attached hydrogens (primary N) is 1. The molecule has 2 atom stereocenters. The fourth-order valence-electron chi connectivity index (χ4n) is 3.73. The lowest BCUT2D eigenvalue weighted by Gasteiger charge is -2.30. The molecule has 174 valence electrons. The van der Waals surface area contributed by atoms with Crippen LogP contribution < -0.4 is 16.2 Å². The summed E-state index contributed by atoms with van der Waals surface area (Å²) in [5.41, 5.74) is -0.111. The molecule has 1 amide bonds. The average molecular weight is 476 g/mol. The molecule has 6 nitrogen and oxygen atoms in total. The summed E-state index contributed by atoms with van der Waals surface area (Å²) < 4.78 is 67.5. The van der Waals surface area contributed by atoms with Crippen molar-refractivity contribution >= 4 is 23.6 Å². The molecule has 32 heavy (non-hydrogen) atoms. The second-order valence-corrected chi connectivity index (χ2v) is 8.88. The average Bonchev–Trinajstić information content (AvgIpc) is 3.10. The van der Waals surface area contributed by atoms with E-state index >= 15 is 0 Å². The van der Waals surface area contributed by atoms with E-state index in [1.165, 1.54) is 15.5 Å². The Kier molecular flexibility index (Phi) is 6.82. The van der Waals surface area contributed by atoms with E-state index in [0.29, 0.717) is 0 Å². The molecular formula is C20H21F5N4O2S. The zero-order chi connectivity index (χ0) is 23.8. The summed E-state index contributed by atoms with van der Waals surface area (Å²) in [6.07, 6.45) is -0.965. The summed E-state index contributed by atoms with van der Waals surface area (Å²) >= 11 is -0.573. The Hall–Kier alpha value is -2.63. The lowest BCUT2D eigenvalue weighted by Crippen LogP contribution is -2.37. The maximum absolute atomic E-state index is 14.5. The van der Waals surface area contributed by atoms with Gasteiger partial charge in [0.1, 0.15) is 17.7 Å². The second kappa shape index (κ2) is 9.08. The van der Waals surface area contributed by atoms with Crippen LogP contribution in [0, 0.1) is 11.7 Å². The van der Waals surface area contributed by atoms with E-state index in [1.54, 1.807) is 13.8 Å². The van der Waals surface area contributed by atoms with E-state index in [-0.39, 0.29) is 42.6 Å². The minimum Gasteiger partial charge on any atom is -0.364 e. The molecule has 0 bridgehead atoms. The number of carbonyl (C=O) groups excluding carboxylic acids is 1. The van der Waals surface area contributed by atoms with Gasteiger partial charge in [0.15, 0.2) is 0 Å². The Labute approximate surface area is 184 Å². The normalized spacial score (nSPS) is 17.8. The maximum Gasteiger partial charge on any atom is 0.446 e. The predicted molar refractivity (Wildman–Crippen MR) is 110 cm³/mol. The van der Waals surface area contributed by atoms with Crippen molar-refractivity contribution in [1.29, 1.82) is 0 Å². The van der Waals surface area contributed by atoms with Crippen LogP contribution in [0.15, 0.2) is 34.0 Å². The number of amides is 1. The quantitative estimate of drug-likeness (QED) is 0.506. The first kappa shape index (κ1) is 24.0. The molecule has 0 unspecified atom stereocenters. The van der Waals surface area contributed by atoms with Crippen LogP contribution in [-0.4, -0.2) is 40.2 Å². The highest BCUT2D eigenvalue weighted by Gasteiger charge is 2.33. The number of rotatable bonds is 6. The maximum atomic E-state index is 14.5. The zero-order valence-corrected chi connectivity index (χ0v) is 18.0. The largest absolute Gasteiger partial charge is 0.446 e. The van der Waals surface area contributed by atoms with Crippen molar-refractivity contribution in [3.8, 4) is 0 Å². The first-order valence-electron chi connectivity index (χ1n) is 9.75. The highest BCUT2D eigenvalue weighted by atomic mass is 32.2. The van der Waals surface area contributed by atoms with Gasteiger partial charge in [-0.2, -0.15) is 13.2 Å². The Morgan fingerprint density at radius 2 is 1.97 bits per heavy atom. The first-order chi connectivity index (χ1) is 14.9. The van der Waals surface area contributed by atoms with Crippen molar-refractivity contribution in [2.45, 2.75) is 42.9 Å². The standard InChI is InChI=1S/C20H21F5N4O2S/c1-10(2)17(11-3-4-15(13(22)7-11)32-20(23,24)25)29-16(30)8-14(18(26)31)27-19(29)28-6-5-12(21)9-28/h3-4,7-8,10,12,17H,5-6,9H2,1-2H3,(H2,26,31)/t12-,17+/m0/s1. The molecular weight excluding hydrogens is 455 g/mol. The van der Waals surface area contributed by atoms with Crippen LogP contribution in [0.4, 0.5) is 27.9 Å². The van der Waals surface area contributed by atoms with Gasteiger partial charge in [-0.3, -0.25) is 14.2 Å². The molecule has 0 aliphatic carbocycles. The summed E-state index contributed by atoms with van der Waals surface area (Å²) in [6, 6.07) is 3.35. The van der Waals surface area contributed by atoms with Gasteiger partial charge in [-0.25, -0.2) is 13.8 Å². The molecule has 1 fully saturated rings. The van der Waals surface area contributed by atoms with Gasteiger partial charge in [-0.05, 0) is 41.8 Å². The monoisotopic (exact) mass is 476 g/mol. The van der Waals surface area contributed by atoms with E-state index in [4.69, 9.17) is 5.73 Å². The third kappa shape index (κ3) is 5.22. The molecule has 0 saturated carbocycles. The molecule has 2 aromatic rings. The van der Waals surface area contributed by atoms with Crippen LogP contribution in [0.2, 0.25) is 0 Å². The Bertz CT molecular complexity index is 1070. The van der Waals surface area contributed by atoms with Crippen molar-refractivity contribution in [2.75, 3.05) is 18.0 Å². The van der Waals surface area contributed by atoms with Crippen LogP contribution in [0.5, 0.6) is 0 Å². The van der Waals surface area contributed by atoms with Gasteiger partial charge in [0.25, 0.3) is 11.5 Å². The Morgan fingerprint density at radius 3 is 2.47 bits per heavy atom. The van der Waals surface area contributed by atoms with Gasteiger partial charge in [0.05, 0.1) is 17.5 Å². The number of hydrogen-bond acceptors (Lipinski definition) is 5. The Morgan fingerprint density at radius 1 is 1.28 bits per heavy atom. The summed E-state index contributed by atoms with van der Waals surface area (Å²) in [5.74, 6) is -2.36. The highest BCUT2D eigenvalue weighted by molar-refractivity contribution is 8.00. The van der Waals surface area contributed by atoms with E-state index < -0.39 is 51.7 Å². The van der Waals surface area contributed by atoms with Crippen LogP contribution in [0.1, 0.15) is 42.4 Å². The van der Waals surface area contributed by atoms with E-state index in [9.17, 15) is 31.5 Å². The van der Waals surface area contributed by atoms with Crippen LogP contribution >= 0.6 is 11.8 Å². The minimum atomic E-state index is -4.66. The third-order valence-electron chi connectivity index (χ3n) is 5.03. The summed E-state index contributed by atoms with van der Waals surface area (Å²) in [4.78, 5) is 29.7. The zero-order valence-electron chi connectivity index (χ0n) is 17.2. The molecule has 12 heteroatoms. The van der Waals surface area contributed by atoms with Gasteiger partial charge in [-0.15, -0.1) is 0 Å². The smallest absolute Gasteiger partial charge is 0.364 e. The predicted octanol–water partition coefficient (Wildman–Crippen LogP) is 3.89. The number of hydrogen-bond donors (Lipinski definition) is 1. The summed E-state index contributed by atoms with van der Waals surface area (Å²) in [7, 11) is 0. The fourth-order valence-corrected chi connectivity index (χ4v) is 4.27. The lowest BCUT2D eigenvalue weighted by atomic mass is 9.95. The number of anilines is 1. The molecule has 1 aliphatic heterocycles. The van der Waals surface area contributed by atoms with Gasteiger partial charge in [0.2, 0.25) is 5.95 Å². The van der Waals surface area contributed by atoms with Crippen LogP contribution in [0.25, 0.3) is 0 Å². The molecule has 1 saturated heterocycles. The fraction of sp³-hybridized carbons (Fsp3) is 0.450. The summed E-state index contributed by atoms with van der Waals surface area (Å²) in [5, 5.41) is 0. The van der Waals surface area contributed by atoms with Crippen molar-refractivity contribution in [1.82, 2.24) is 9.55 Å². The Balaban J connectivity index is 2.15. The van der Waals surface area contributed by atoms with E-state index in [2.05, 4.69) is 4.98 Å². The van der Waals surface area contributed by atoms with Crippen molar-refractivity contribution in [3.63, 3.8) is 0 Å². The molecule has 1 aromatic carbocycles. The van der Waals surface area contributed by atoms with Crippen molar-refractivity contribution in [2.24, 2.45) is 11.7 Å². The lowest BCUT2D eigenvalue weighted by molar-refractivity contribution is -0.0329. The van der Waals surface area contributed by atoms with Gasteiger partial charge in [-0.1, -0.05) is 19.9 Å². The SMILES string of the molecule is CC(C)[C@H](c1ccc(SC(F)(F)F)c(F)c1)n1c(N2CC[C@H](F)C2)nc(C(N)=O)cc1=O. The number of benzene rings is 1. The number of nitrogens with zero attached hydrogens (tertiary/aromatic N) is 3. The van der Waals surface area contributed by atoms with E-state index in [1.807, 2.05) is 0 Å². The molecule has 0 spiro atoms. The number of aromatic nitrogens is 2. The van der Waals surface area contributed by atoms with Crippen molar-refractivity contribution < 1.29 is 26.7 Å². The number of alkyl halides is 4. The molecule has 2 heterocycles.